The van der Waals surface area contributed by atoms with Crippen LogP contribution in [0.2, 0.25) is 0 Å². The van der Waals surface area contributed by atoms with Crippen LogP contribution in [-0.2, 0) is 14.3 Å². The number of carbonyl (C=O) groups excluding carboxylic acids is 3. The van der Waals surface area contributed by atoms with Crippen LogP contribution >= 0.6 is 0 Å². The van der Waals surface area contributed by atoms with Crippen molar-refractivity contribution in [2.45, 2.75) is 51.3 Å². The zero-order chi connectivity index (χ0) is 25.8. The van der Waals surface area contributed by atoms with Gasteiger partial charge in [0.25, 0.3) is 0 Å². The number of rotatable bonds is 6. The fourth-order valence-corrected chi connectivity index (χ4v) is 3.96. The van der Waals surface area contributed by atoms with Gasteiger partial charge in [-0.2, -0.15) is 0 Å². The topological polar surface area (TPSA) is 148 Å². The molecule has 3 N–H and O–H groups in total. The van der Waals surface area contributed by atoms with Gasteiger partial charge in [0.2, 0.25) is 5.91 Å². The lowest BCUT2D eigenvalue weighted by Gasteiger charge is -2.31. The highest BCUT2D eigenvalue weighted by Gasteiger charge is 2.43. The van der Waals surface area contributed by atoms with E-state index in [1.54, 1.807) is 20.8 Å². The highest BCUT2D eigenvalue weighted by Crippen LogP contribution is 2.37. The van der Waals surface area contributed by atoms with Crippen LogP contribution in [0.5, 0.6) is 5.75 Å². The van der Waals surface area contributed by atoms with Gasteiger partial charge in [-0.05, 0) is 51.3 Å². The Bertz CT molecular complexity index is 1110. The molecule has 1 saturated heterocycles. The van der Waals surface area contributed by atoms with Crippen LogP contribution in [0.4, 0.5) is 10.5 Å². The van der Waals surface area contributed by atoms with Crippen molar-refractivity contribution in [2.75, 3.05) is 11.9 Å². The van der Waals surface area contributed by atoms with Gasteiger partial charge in [-0.3, -0.25) is 4.79 Å². The highest BCUT2D eigenvalue weighted by molar-refractivity contribution is 5.96. The Morgan fingerprint density at radius 1 is 1.09 bits per heavy atom. The molecule has 0 bridgehead atoms. The van der Waals surface area contributed by atoms with Crippen molar-refractivity contribution in [3.63, 3.8) is 0 Å². The maximum absolute atomic E-state index is 13.2. The van der Waals surface area contributed by atoms with Gasteiger partial charge in [-0.25, -0.2) is 14.4 Å². The predicted octanol–water partition coefficient (Wildman–Crippen LogP) is 2.65. The van der Waals surface area contributed by atoms with Gasteiger partial charge < -0.3 is 30.5 Å². The highest BCUT2D eigenvalue weighted by atomic mass is 16.6. The van der Waals surface area contributed by atoms with Crippen LogP contribution in [0.1, 0.15) is 55.6 Å². The number of benzene rings is 2. The van der Waals surface area contributed by atoms with Gasteiger partial charge in [0.15, 0.2) is 0 Å². The molecule has 10 heteroatoms. The first-order valence-corrected chi connectivity index (χ1v) is 11.1. The van der Waals surface area contributed by atoms with E-state index in [-0.39, 0.29) is 11.7 Å². The quantitative estimate of drug-likeness (QED) is 0.536. The van der Waals surface area contributed by atoms with Crippen LogP contribution < -0.4 is 15.7 Å². The molecule has 186 valence electrons. The zero-order valence-electron chi connectivity index (χ0n) is 19.7. The number of nitrogens with zero attached hydrogens (tertiary/aromatic N) is 1. The summed E-state index contributed by atoms with van der Waals surface area (Å²) in [5.41, 5.74) is -0.248. The summed E-state index contributed by atoms with van der Waals surface area (Å²) in [4.78, 5) is 51.0. The molecule has 0 spiro atoms. The molecule has 1 heterocycles. The fourth-order valence-electron chi connectivity index (χ4n) is 3.96. The lowest BCUT2D eigenvalue weighted by atomic mass is 10.0. The summed E-state index contributed by atoms with van der Waals surface area (Å²) in [5.74, 6) is -3.08. The molecule has 3 rings (SSSR count). The summed E-state index contributed by atoms with van der Waals surface area (Å²) in [6.45, 7) is 4.85. The first-order chi connectivity index (χ1) is 16.5. The van der Waals surface area contributed by atoms with E-state index >= 15 is 0 Å². The van der Waals surface area contributed by atoms with Crippen LogP contribution in [0.3, 0.4) is 0 Å². The monoisotopic (exact) mass is 482 g/mol. The van der Waals surface area contributed by atoms with Crippen LogP contribution in [0, 0.1) is 0 Å². The number of aromatic carboxylic acids is 1. The van der Waals surface area contributed by atoms with Crippen molar-refractivity contribution >= 4 is 29.6 Å². The van der Waals surface area contributed by atoms with Crippen molar-refractivity contribution in [1.29, 1.82) is 0 Å². The lowest BCUT2D eigenvalue weighted by molar-refractivity contribution is -0.268. The van der Waals surface area contributed by atoms with E-state index in [9.17, 15) is 24.3 Å². The van der Waals surface area contributed by atoms with E-state index in [0.29, 0.717) is 12.8 Å². The summed E-state index contributed by atoms with van der Waals surface area (Å²) >= 11 is 0. The number of carbonyl (C=O) groups is 4. The number of ether oxygens (including phenoxy) is 1. The second-order valence-electron chi connectivity index (χ2n) is 9.18. The van der Waals surface area contributed by atoms with Crippen molar-refractivity contribution in [3.8, 4) is 5.75 Å². The molecular weight excluding hydrogens is 454 g/mol. The maximum atomic E-state index is 13.2. The molecular formula is C25H28N3O7-. The first kappa shape index (κ1) is 25.5. The Labute approximate surface area is 202 Å². The van der Waals surface area contributed by atoms with Gasteiger partial charge >= 0.3 is 18.0 Å². The van der Waals surface area contributed by atoms with Gasteiger partial charge in [-0.15, -0.1) is 0 Å². The summed E-state index contributed by atoms with van der Waals surface area (Å²) in [6.07, 6.45) is 0.983. The molecule has 0 saturated carbocycles. The molecule has 3 amide bonds. The molecule has 35 heavy (non-hydrogen) atoms. The number of esters is 1. The Balaban J connectivity index is 1.72. The molecule has 2 unspecified atom stereocenters. The van der Waals surface area contributed by atoms with E-state index < -0.39 is 53.4 Å². The van der Waals surface area contributed by atoms with Gasteiger partial charge in [0.1, 0.15) is 11.6 Å². The molecule has 1 aliphatic rings. The smallest absolute Gasteiger partial charge is 0.335 e. The van der Waals surface area contributed by atoms with E-state index in [2.05, 4.69) is 10.6 Å². The van der Waals surface area contributed by atoms with E-state index in [0.717, 1.165) is 17.7 Å². The number of amides is 3. The molecule has 2 atom stereocenters. The zero-order valence-corrected chi connectivity index (χ0v) is 19.7. The third-order valence-corrected chi connectivity index (χ3v) is 5.40. The van der Waals surface area contributed by atoms with E-state index in [1.807, 2.05) is 30.3 Å². The molecule has 2 aromatic carbocycles. The summed E-state index contributed by atoms with van der Waals surface area (Å²) in [5, 5.41) is 25.5. The number of nitrogens with one attached hydrogen (secondary N) is 2. The fraction of sp³-hybridized carbons (Fsp3) is 0.360. The molecule has 1 fully saturated rings. The molecule has 1 aliphatic heterocycles. The van der Waals surface area contributed by atoms with Crippen LogP contribution in [0.15, 0.2) is 48.5 Å². The van der Waals surface area contributed by atoms with Gasteiger partial charge in [-0.1, -0.05) is 42.1 Å². The minimum atomic E-state index is -1.41. The van der Waals surface area contributed by atoms with Crippen molar-refractivity contribution in [3.05, 3.63) is 59.7 Å². The van der Waals surface area contributed by atoms with Crippen molar-refractivity contribution < 1.29 is 34.1 Å². The van der Waals surface area contributed by atoms with Gasteiger partial charge in [0.05, 0.1) is 18.2 Å². The Morgan fingerprint density at radius 2 is 1.77 bits per heavy atom. The second kappa shape index (κ2) is 10.5. The summed E-state index contributed by atoms with van der Waals surface area (Å²) in [7, 11) is 0. The summed E-state index contributed by atoms with van der Waals surface area (Å²) in [6, 6.07) is 10.7. The first-order valence-electron chi connectivity index (χ1n) is 11.1. The molecule has 0 aromatic heterocycles. The van der Waals surface area contributed by atoms with Crippen LogP contribution in [-0.4, -0.2) is 52.1 Å². The minimum absolute atomic E-state index is 0.0851. The third-order valence-electron chi connectivity index (χ3n) is 5.40. The predicted molar refractivity (Wildman–Crippen MR) is 125 cm³/mol. The number of carboxylic acid groups (broad SMARTS) is 1. The number of hydrogen-bond donors (Lipinski definition) is 3. The van der Waals surface area contributed by atoms with Gasteiger partial charge in [0, 0.05) is 5.69 Å². The van der Waals surface area contributed by atoms with Crippen LogP contribution in [0.25, 0.3) is 0 Å². The normalized spacial score (nSPS) is 17.5. The maximum Gasteiger partial charge on any atom is 0.335 e. The Kier molecular flexibility index (Phi) is 7.63. The third kappa shape index (κ3) is 6.50. The molecule has 2 aromatic rings. The molecule has 0 radical (unpaired) electrons. The number of urea groups is 1. The average molecular weight is 483 g/mol. The summed E-state index contributed by atoms with van der Waals surface area (Å²) < 4.78 is 5.53. The number of carboxylic acids is 1. The number of likely N-dealkylation sites (tertiary alicyclic amines) is 1. The largest absolute Gasteiger partial charge is 0.872 e. The van der Waals surface area contributed by atoms with E-state index in [4.69, 9.17) is 9.84 Å². The Morgan fingerprint density at radius 3 is 2.40 bits per heavy atom. The SMILES string of the molecule is CC(C)(C)OC(=O)C1CCC(c2ccccc2)N1C(=O)CNC(=O)Nc1ccc([O-])c(C(=O)O)c1. The Hall–Kier alpha value is -4.08. The van der Waals surface area contributed by atoms with E-state index in [1.165, 1.54) is 11.0 Å². The number of hydrogen-bond acceptors (Lipinski definition) is 6. The lowest BCUT2D eigenvalue weighted by Crippen LogP contribution is -2.48. The number of anilines is 1. The molecule has 10 nitrogen and oxygen atoms in total. The molecule has 0 aliphatic carbocycles. The van der Waals surface area contributed by atoms with Crippen molar-refractivity contribution in [1.82, 2.24) is 10.2 Å². The standard InChI is InChI=1S/C25H29N3O7/c1-25(2,3)35-23(33)19-11-10-18(15-7-5-4-6-8-15)28(19)21(30)14-26-24(34)27-16-9-12-20(29)17(13-16)22(31)32/h4-9,12-13,18-19,29H,10-11,14H2,1-3H3,(H,31,32)(H2,26,27,34)/p-1. The van der Waals surface area contributed by atoms with Crippen molar-refractivity contribution in [2.24, 2.45) is 0 Å². The second-order valence-corrected chi connectivity index (χ2v) is 9.18. The average Bonchev–Trinajstić information content (AvgIpc) is 3.23. The minimum Gasteiger partial charge on any atom is -0.872 e.